The van der Waals surface area contributed by atoms with Gasteiger partial charge in [-0.2, -0.15) is 0 Å². The van der Waals surface area contributed by atoms with Gasteiger partial charge in [0.2, 0.25) is 5.91 Å². The van der Waals surface area contributed by atoms with Gasteiger partial charge in [-0.1, -0.05) is 6.07 Å². The minimum Gasteiger partial charge on any atom is -0.369 e. The molecule has 11 heteroatoms. The number of aromatic nitrogens is 4. The molecule has 1 atom stereocenters. The first-order valence-corrected chi connectivity index (χ1v) is 11.2. The van der Waals surface area contributed by atoms with Crippen LogP contribution in [-0.2, 0) is 4.79 Å². The summed E-state index contributed by atoms with van der Waals surface area (Å²) in [5.74, 6) is 0.509. The molecule has 0 saturated carbocycles. The molecule has 3 N–H and O–H groups in total. The standard InChI is InChI=1S/C24H27N9O2/c1-13-10-19(27-14(2)26-13)29-20-11-17(22(31-30-20)24(35)25-3)28-16-6-5-7-18-23(16)32(4)12-15-8-9-21(34)33(15)18/h5-7,10-11,15H,8-9,12H2,1-4H3,(H,25,35)(H2,26,27,28,29,30)/i3D3. The van der Waals surface area contributed by atoms with Gasteiger partial charge in [-0.15, -0.1) is 10.2 Å². The summed E-state index contributed by atoms with van der Waals surface area (Å²) in [6.07, 6.45) is 1.30. The molecule has 1 aromatic carbocycles. The van der Waals surface area contributed by atoms with Crippen LogP contribution in [0.25, 0.3) is 0 Å². The zero-order chi connectivity index (χ0) is 27.2. The molecule has 0 radical (unpaired) electrons. The Morgan fingerprint density at radius 3 is 2.77 bits per heavy atom. The van der Waals surface area contributed by atoms with Gasteiger partial charge in [0, 0.05) is 48.9 Å². The van der Waals surface area contributed by atoms with Crippen molar-refractivity contribution in [2.75, 3.05) is 41.0 Å². The van der Waals surface area contributed by atoms with E-state index in [2.05, 4.69) is 35.7 Å². The molecule has 1 saturated heterocycles. The van der Waals surface area contributed by atoms with Crippen LogP contribution in [0.1, 0.15) is 39.0 Å². The van der Waals surface area contributed by atoms with Crippen molar-refractivity contribution in [1.29, 1.82) is 0 Å². The third-order valence-electron chi connectivity index (χ3n) is 6.08. The number of para-hydroxylation sites is 1. The van der Waals surface area contributed by atoms with Crippen molar-refractivity contribution in [2.45, 2.75) is 32.7 Å². The summed E-state index contributed by atoms with van der Waals surface area (Å²) in [7, 11) is 1.95. The number of carbonyl (C=O) groups excluding carboxylic acids is 2. The average Bonchev–Trinajstić information content (AvgIpc) is 3.18. The van der Waals surface area contributed by atoms with E-state index < -0.39 is 12.9 Å². The number of fused-ring (bicyclic) bond motifs is 3. The Morgan fingerprint density at radius 1 is 1.11 bits per heavy atom. The molecule has 11 nitrogen and oxygen atoms in total. The molecule has 5 rings (SSSR count). The predicted octanol–water partition coefficient (Wildman–Crippen LogP) is 2.68. The van der Waals surface area contributed by atoms with Crippen LogP contribution in [0.15, 0.2) is 30.3 Å². The lowest BCUT2D eigenvalue weighted by atomic mass is 10.1. The number of hydrogen-bond donors (Lipinski definition) is 3. The van der Waals surface area contributed by atoms with Gasteiger partial charge in [-0.05, 0) is 32.4 Å². The fourth-order valence-corrected chi connectivity index (χ4v) is 4.71. The highest BCUT2D eigenvalue weighted by Crippen LogP contribution is 2.44. The summed E-state index contributed by atoms with van der Waals surface area (Å²) in [6, 6.07) is 8.95. The van der Waals surface area contributed by atoms with Crippen LogP contribution in [0.5, 0.6) is 0 Å². The summed E-state index contributed by atoms with van der Waals surface area (Å²) in [6.45, 7) is 1.56. The second-order valence-electron chi connectivity index (χ2n) is 8.65. The Balaban J connectivity index is 1.55. The number of benzene rings is 1. The summed E-state index contributed by atoms with van der Waals surface area (Å²) in [5, 5.41) is 16.4. The van der Waals surface area contributed by atoms with E-state index in [0.717, 1.165) is 23.5 Å². The molecule has 2 aliphatic heterocycles. The molecule has 3 aromatic rings. The Kier molecular flexibility index (Phi) is 4.81. The lowest BCUT2D eigenvalue weighted by molar-refractivity contribution is -0.117. The van der Waals surface area contributed by atoms with Crippen LogP contribution in [-0.4, -0.2) is 58.6 Å². The van der Waals surface area contributed by atoms with Crippen LogP contribution < -0.4 is 25.8 Å². The van der Waals surface area contributed by atoms with E-state index in [-0.39, 0.29) is 29.1 Å². The second kappa shape index (κ2) is 8.82. The lowest BCUT2D eigenvalue weighted by Crippen LogP contribution is -2.46. The Bertz CT molecular complexity index is 1410. The fraction of sp³-hybridized carbons (Fsp3) is 0.333. The topological polar surface area (TPSA) is 128 Å². The van der Waals surface area contributed by atoms with Gasteiger partial charge in [0.1, 0.15) is 11.6 Å². The quantitative estimate of drug-likeness (QED) is 0.509. The third-order valence-corrected chi connectivity index (χ3v) is 6.08. The van der Waals surface area contributed by atoms with Crippen LogP contribution in [0.2, 0.25) is 0 Å². The number of rotatable bonds is 5. The first-order chi connectivity index (χ1) is 18.0. The van der Waals surface area contributed by atoms with Gasteiger partial charge in [0.15, 0.2) is 11.5 Å². The summed E-state index contributed by atoms with van der Waals surface area (Å²) in [5.41, 5.74) is 2.97. The van der Waals surface area contributed by atoms with E-state index in [1.54, 1.807) is 19.1 Å². The first kappa shape index (κ1) is 19.1. The molecule has 180 valence electrons. The van der Waals surface area contributed by atoms with Crippen LogP contribution in [0.4, 0.5) is 34.4 Å². The number of carbonyl (C=O) groups is 2. The van der Waals surface area contributed by atoms with E-state index in [1.165, 1.54) is 0 Å². The molecule has 1 unspecified atom stereocenters. The van der Waals surface area contributed by atoms with Crippen molar-refractivity contribution in [3.8, 4) is 0 Å². The molecule has 4 heterocycles. The molecular weight excluding hydrogens is 446 g/mol. The minimum absolute atomic E-state index is 0.0757. The van der Waals surface area contributed by atoms with E-state index in [1.807, 2.05) is 42.4 Å². The van der Waals surface area contributed by atoms with Crippen molar-refractivity contribution in [1.82, 2.24) is 25.5 Å². The molecule has 35 heavy (non-hydrogen) atoms. The van der Waals surface area contributed by atoms with Gasteiger partial charge >= 0.3 is 0 Å². The van der Waals surface area contributed by atoms with Crippen molar-refractivity contribution < 1.29 is 13.7 Å². The number of nitrogens with one attached hydrogen (secondary N) is 3. The van der Waals surface area contributed by atoms with Crippen molar-refractivity contribution >= 4 is 46.2 Å². The molecule has 0 aliphatic carbocycles. The highest BCUT2D eigenvalue weighted by molar-refractivity contribution is 6.04. The maximum absolute atomic E-state index is 12.9. The number of amides is 2. The number of aryl methyl sites for hydroxylation is 2. The molecule has 2 amide bonds. The monoisotopic (exact) mass is 476 g/mol. The molecule has 0 bridgehead atoms. The smallest absolute Gasteiger partial charge is 0.273 e. The molecule has 2 aliphatic rings. The summed E-state index contributed by atoms with van der Waals surface area (Å²) >= 11 is 0. The lowest BCUT2D eigenvalue weighted by Gasteiger charge is -2.39. The minimum atomic E-state index is -2.71. The highest BCUT2D eigenvalue weighted by Gasteiger charge is 2.39. The average molecular weight is 477 g/mol. The van der Waals surface area contributed by atoms with Gasteiger partial charge < -0.3 is 25.8 Å². The number of likely N-dealkylation sites (N-methyl/N-ethyl adjacent to an activating group) is 1. The molecular formula is C24H27N9O2. The Labute approximate surface area is 207 Å². The van der Waals surface area contributed by atoms with Gasteiger partial charge in [0.05, 0.1) is 28.8 Å². The van der Waals surface area contributed by atoms with E-state index in [9.17, 15) is 9.59 Å². The first-order valence-electron chi connectivity index (χ1n) is 12.7. The zero-order valence-corrected chi connectivity index (χ0v) is 19.6. The Morgan fingerprint density at radius 2 is 1.97 bits per heavy atom. The molecule has 1 fully saturated rings. The molecule has 0 spiro atoms. The zero-order valence-electron chi connectivity index (χ0n) is 22.6. The van der Waals surface area contributed by atoms with Crippen LogP contribution >= 0.6 is 0 Å². The maximum atomic E-state index is 12.9. The SMILES string of the molecule is [2H]C([2H])([2H])NC(=O)c1nnc(Nc2cc(C)nc(C)n2)cc1Nc1cccc2c1N(C)CC1CCC(=O)N21. The number of nitrogens with zero attached hydrogens (tertiary/aromatic N) is 6. The van der Waals surface area contributed by atoms with E-state index >= 15 is 0 Å². The van der Waals surface area contributed by atoms with Gasteiger partial charge in [0.25, 0.3) is 5.91 Å². The fourth-order valence-electron chi connectivity index (χ4n) is 4.71. The maximum Gasteiger partial charge on any atom is 0.273 e. The Hall–Kier alpha value is -4.28. The van der Waals surface area contributed by atoms with Crippen molar-refractivity contribution in [3.63, 3.8) is 0 Å². The van der Waals surface area contributed by atoms with E-state index in [0.29, 0.717) is 30.3 Å². The summed E-state index contributed by atoms with van der Waals surface area (Å²) < 4.78 is 22.3. The van der Waals surface area contributed by atoms with Crippen LogP contribution in [0, 0.1) is 13.8 Å². The second-order valence-corrected chi connectivity index (χ2v) is 8.65. The number of anilines is 6. The van der Waals surface area contributed by atoms with Gasteiger partial charge in [-0.3, -0.25) is 9.59 Å². The third kappa shape index (κ3) is 4.20. The van der Waals surface area contributed by atoms with E-state index in [4.69, 9.17) is 4.11 Å². The van der Waals surface area contributed by atoms with Crippen LogP contribution in [0.3, 0.4) is 0 Å². The van der Waals surface area contributed by atoms with Crippen molar-refractivity contribution in [3.05, 3.63) is 47.5 Å². The molecule has 2 aromatic heterocycles. The predicted molar refractivity (Wildman–Crippen MR) is 134 cm³/mol. The number of hydrogen-bond acceptors (Lipinski definition) is 9. The largest absolute Gasteiger partial charge is 0.369 e. The van der Waals surface area contributed by atoms with Gasteiger partial charge in [-0.25, -0.2) is 9.97 Å². The highest BCUT2D eigenvalue weighted by atomic mass is 16.2. The normalized spacial score (nSPS) is 18.2. The summed E-state index contributed by atoms with van der Waals surface area (Å²) in [4.78, 5) is 38.0. The van der Waals surface area contributed by atoms with Crippen molar-refractivity contribution in [2.24, 2.45) is 0 Å².